The van der Waals surface area contributed by atoms with Gasteiger partial charge < -0.3 is 37.6 Å². The quantitative estimate of drug-likeness (QED) is 0.0826. The second-order valence-electron chi connectivity index (χ2n) is 9.19. The van der Waals surface area contributed by atoms with Gasteiger partial charge in [-0.1, -0.05) is 0 Å². The van der Waals surface area contributed by atoms with Crippen LogP contribution in [0.3, 0.4) is 0 Å². The van der Waals surface area contributed by atoms with Gasteiger partial charge in [-0.15, -0.1) is 0 Å². The summed E-state index contributed by atoms with van der Waals surface area (Å²) in [6, 6.07) is 9.58. The first-order valence-electron chi connectivity index (χ1n) is 12.7. The molecule has 16 heteroatoms. The van der Waals surface area contributed by atoms with E-state index in [1.165, 1.54) is 18.3 Å². The van der Waals surface area contributed by atoms with Crippen molar-refractivity contribution in [2.24, 2.45) is 0 Å². The van der Waals surface area contributed by atoms with Gasteiger partial charge in [0.15, 0.2) is 17.0 Å². The van der Waals surface area contributed by atoms with Gasteiger partial charge in [0.1, 0.15) is 6.04 Å². The number of nitrogens with zero attached hydrogens (tertiary/aromatic N) is 4. The van der Waals surface area contributed by atoms with Gasteiger partial charge in [0, 0.05) is 21.4 Å². The molecule has 0 saturated carbocycles. The number of aliphatic carboxylic acids is 1. The number of amides is 2. The maximum absolute atomic E-state index is 12.7. The van der Waals surface area contributed by atoms with E-state index < -0.39 is 29.8 Å². The summed E-state index contributed by atoms with van der Waals surface area (Å²) in [6.07, 6.45) is 1.78. The minimum Gasteiger partial charge on any atom is -0.480 e. The molecule has 43 heavy (non-hydrogen) atoms. The average molecular weight is 699 g/mol. The van der Waals surface area contributed by atoms with Crippen molar-refractivity contribution in [1.29, 1.82) is 0 Å². The fourth-order valence-electron chi connectivity index (χ4n) is 3.99. The number of aromatic nitrogens is 4. The molecule has 2 amide bonds. The fraction of sp³-hybridized carbons (Fsp3) is 0.185. The van der Waals surface area contributed by atoms with Gasteiger partial charge in [-0.25, -0.2) is 19.6 Å². The van der Waals surface area contributed by atoms with Crippen molar-refractivity contribution in [1.82, 2.24) is 30.6 Å². The van der Waals surface area contributed by atoms with E-state index in [0.717, 1.165) is 0 Å². The molecule has 0 fully saturated rings. The molecule has 2 aromatic heterocycles. The smallest absolute Gasteiger partial charge is 0.336 e. The van der Waals surface area contributed by atoms with Crippen LogP contribution in [0, 0.1) is 3.57 Å². The molecule has 4 aromatic rings. The maximum Gasteiger partial charge on any atom is 0.336 e. The third-order valence-corrected chi connectivity index (χ3v) is 6.81. The Morgan fingerprint density at radius 2 is 1.67 bits per heavy atom. The van der Waals surface area contributed by atoms with E-state index >= 15 is 0 Å². The first-order valence-corrected chi connectivity index (χ1v) is 13.8. The van der Waals surface area contributed by atoms with Crippen LogP contribution >= 0.6 is 22.6 Å². The van der Waals surface area contributed by atoms with Crippen LogP contribution < -0.4 is 27.4 Å². The Balaban J connectivity index is 1.28. The van der Waals surface area contributed by atoms with E-state index in [1.54, 1.807) is 30.3 Å². The summed E-state index contributed by atoms with van der Waals surface area (Å²) in [7, 11) is 0. The number of halogens is 1. The van der Waals surface area contributed by atoms with Gasteiger partial charge in [0.25, 0.3) is 11.8 Å². The number of rotatable bonds is 12. The molecular weight excluding hydrogens is 673 g/mol. The van der Waals surface area contributed by atoms with Crippen LogP contribution in [-0.4, -0.2) is 66.5 Å². The van der Waals surface area contributed by atoms with Crippen LogP contribution in [0.4, 0.5) is 17.5 Å². The molecule has 0 unspecified atom stereocenters. The van der Waals surface area contributed by atoms with Crippen molar-refractivity contribution < 1.29 is 29.4 Å². The van der Waals surface area contributed by atoms with Crippen molar-refractivity contribution in [2.45, 2.75) is 25.4 Å². The highest BCUT2D eigenvalue weighted by atomic mass is 127. The number of carbonyl (C=O) groups is 4. The summed E-state index contributed by atoms with van der Waals surface area (Å²) in [5.74, 6) is -3.50. The van der Waals surface area contributed by atoms with E-state index in [4.69, 9.17) is 11.5 Å². The monoisotopic (exact) mass is 699 g/mol. The summed E-state index contributed by atoms with van der Waals surface area (Å²) >= 11 is 1.97. The zero-order valence-electron chi connectivity index (χ0n) is 22.4. The van der Waals surface area contributed by atoms with Crippen molar-refractivity contribution in [3.05, 3.63) is 74.6 Å². The van der Waals surface area contributed by atoms with E-state index in [2.05, 4.69) is 35.9 Å². The Kier molecular flexibility index (Phi) is 9.81. The number of benzene rings is 2. The molecule has 0 spiro atoms. The summed E-state index contributed by atoms with van der Waals surface area (Å²) < 4.78 is 0.692. The van der Waals surface area contributed by atoms with Crippen molar-refractivity contribution in [3.8, 4) is 0 Å². The second kappa shape index (κ2) is 13.7. The zero-order valence-corrected chi connectivity index (χ0v) is 24.5. The van der Waals surface area contributed by atoms with Crippen LogP contribution in [0.5, 0.6) is 0 Å². The molecule has 9 N–H and O–H groups in total. The molecule has 0 aliphatic carbocycles. The second-order valence-corrected chi connectivity index (χ2v) is 10.4. The number of hydrogen-bond acceptors (Lipinski definition) is 11. The zero-order chi connectivity index (χ0) is 31.1. The predicted octanol–water partition coefficient (Wildman–Crippen LogP) is 1.89. The molecule has 0 aliphatic rings. The van der Waals surface area contributed by atoms with Crippen molar-refractivity contribution in [3.63, 3.8) is 0 Å². The molecule has 0 radical (unpaired) electrons. The molecule has 222 valence electrons. The molecule has 4 rings (SSSR count). The van der Waals surface area contributed by atoms with E-state index in [1.807, 2.05) is 22.6 Å². The molecule has 15 nitrogen and oxygen atoms in total. The third-order valence-electron chi connectivity index (χ3n) is 6.14. The van der Waals surface area contributed by atoms with Crippen LogP contribution in [-0.2, 0) is 11.3 Å². The number of anilines is 3. The van der Waals surface area contributed by atoms with E-state index in [9.17, 15) is 29.4 Å². The molecule has 0 bridgehead atoms. The summed E-state index contributed by atoms with van der Waals surface area (Å²) in [6.45, 7) is 0.371. The van der Waals surface area contributed by atoms with Gasteiger partial charge in [0.2, 0.25) is 5.95 Å². The average Bonchev–Trinajstić information content (AvgIpc) is 2.97. The van der Waals surface area contributed by atoms with Gasteiger partial charge in [-0.3, -0.25) is 9.59 Å². The lowest BCUT2D eigenvalue weighted by atomic mass is 10.1. The maximum atomic E-state index is 12.7. The highest BCUT2D eigenvalue weighted by molar-refractivity contribution is 14.1. The van der Waals surface area contributed by atoms with Gasteiger partial charge in [-0.05, 0) is 77.9 Å². The van der Waals surface area contributed by atoms with Crippen LogP contribution in [0.1, 0.15) is 49.6 Å². The number of nitrogens with two attached hydrogens (primary N) is 2. The van der Waals surface area contributed by atoms with Crippen LogP contribution in [0.2, 0.25) is 0 Å². The minimum absolute atomic E-state index is 0.00348. The van der Waals surface area contributed by atoms with Crippen LogP contribution in [0.25, 0.3) is 11.2 Å². The fourth-order valence-corrected chi connectivity index (χ4v) is 4.48. The predicted molar refractivity (Wildman–Crippen MR) is 164 cm³/mol. The summed E-state index contributed by atoms with van der Waals surface area (Å²) in [5.41, 5.74) is 13.4. The third kappa shape index (κ3) is 8.00. The van der Waals surface area contributed by atoms with Gasteiger partial charge >= 0.3 is 11.9 Å². The normalized spacial score (nSPS) is 11.5. The summed E-state index contributed by atoms with van der Waals surface area (Å²) in [4.78, 5) is 64.9. The molecule has 1 atom stereocenters. The van der Waals surface area contributed by atoms with Crippen molar-refractivity contribution in [2.75, 3.05) is 23.3 Å². The Hall–Kier alpha value is -5.13. The molecule has 2 heterocycles. The number of carbonyl (C=O) groups excluding carboxylic acids is 2. The molecular formula is C27H26IN9O6. The number of carboxylic acid groups (broad SMARTS) is 2. The molecule has 0 aliphatic heterocycles. The molecule has 0 saturated heterocycles. The SMILES string of the molecule is Nc1nc(N)c2nc(CNc3ccc(C(=O)N[C@@H](CCCNC(=O)c4cc(I)ccc4C(=O)O)C(=O)O)cc3)cnc2n1. The van der Waals surface area contributed by atoms with Crippen LogP contribution in [0.15, 0.2) is 48.7 Å². The summed E-state index contributed by atoms with van der Waals surface area (Å²) in [5, 5.41) is 27.1. The number of fused-ring (bicyclic) bond motifs is 1. The number of nitrogen functional groups attached to an aromatic ring is 2. The Labute approximate surface area is 257 Å². The highest BCUT2D eigenvalue weighted by Gasteiger charge is 2.21. The van der Waals surface area contributed by atoms with E-state index in [-0.39, 0.29) is 60.0 Å². The largest absolute Gasteiger partial charge is 0.480 e. The lowest BCUT2D eigenvalue weighted by Crippen LogP contribution is -2.41. The first kappa shape index (κ1) is 30.8. The number of hydrogen-bond donors (Lipinski definition) is 7. The lowest BCUT2D eigenvalue weighted by molar-refractivity contribution is -0.139. The molecule has 2 aromatic carbocycles. The van der Waals surface area contributed by atoms with Gasteiger partial charge in [-0.2, -0.15) is 9.97 Å². The standard InChI is InChI=1S/C27H26IN9O6/c28-14-5-8-17(25(40)41)18(10-14)24(39)31-9-1-2-19(26(42)43)35-23(38)13-3-6-15(7-4-13)32-11-16-12-33-22-20(34-16)21(29)36-27(30)37-22/h3-8,10,12,19,32H,1-2,9,11H2,(H,31,39)(H,35,38)(H,40,41)(H,42,43)(H4,29,30,33,36,37)/t19-/m0/s1. The topological polar surface area (TPSA) is 248 Å². The van der Waals surface area contributed by atoms with Crippen molar-refractivity contribution >= 4 is 75.0 Å². The Morgan fingerprint density at radius 1 is 0.930 bits per heavy atom. The number of aromatic carboxylic acids is 1. The highest BCUT2D eigenvalue weighted by Crippen LogP contribution is 2.17. The Morgan fingerprint density at radius 3 is 2.37 bits per heavy atom. The van der Waals surface area contributed by atoms with E-state index in [0.29, 0.717) is 20.5 Å². The van der Waals surface area contributed by atoms with Gasteiger partial charge in [0.05, 0.1) is 29.6 Å². The lowest BCUT2D eigenvalue weighted by Gasteiger charge is -2.15. The Bertz CT molecular complexity index is 1700. The minimum atomic E-state index is -1.23. The number of nitrogens with one attached hydrogen (secondary N) is 3. The number of carboxylic acids is 2. The first-order chi connectivity index (χ1) is 20.5.